The molecule has 0 atom stereocenters. The fraction of sp³-hybridized carbons (Fsp3) is 0.583. The lowest BCUT2D eigenvalue weighted by Gasteiger charge is -2.05. The van der Waals surface area contributed by atoms with Gasteiger partial charge >= 0.3 is 0 Å². The van der Waals surface area contributed by atoms with Gasteiger partial charge in [0.2, 0.25) is 5.91 Å². The van der Waals surface area contributed by atoms with Crippen molar-refractivity contribution in [3.05, 3.63) is 17.0 Å². The molecule has 5 nitrogen and oxygen atoms in total. The van der Waals surface area contributed by atoms with E-state index in [2.05, 4.69) is 17.3 Å². The number of aryl methyl sites for hydroxylation is 1. The maximum absolute atomic E-state index is 11.6. The summed E-state index contributed by atoms with van der Waals surface area (Å²) in [4.78, 5) is 22.4. The van der Waals surface area contributed by atoms with Gasteiger partial charge < -0.3 is 5.32 Å². The third kappa shape index (κ3) is 3.41. The summed E-state index contributed by atoms with van der Waals surface area (Å²) in [5.41, 5.74) is 1.98. The molecule has 0 aromatic carbocycles. The topological polar surface area (TPSA) is 64.0 Å². The van der Waals surface area contributed by atoms with Crippen molar-refractivity contribution in [1.29, 1.82) is 0 Å². The van der Waals surface area contributed by atoms with Crippen molar-refractivity contribution in [2.45, 2.75) is 40.2 Å². The van der Waals surface area contributed by atoms with Crippen molar-refractivity contribution in [1.82, 2.24) is 15.1 Å². The van der Waals surface area contributed by atoms with E-state index in [1.807, 2.05) is 0 Å². The van der Waals surface area contributed by atoms with E-state index in [9.17, 15) is 9.59 Å². The molecule has 0 aliphatic heterocycles. The van der Waals surface area contributed by atoms with Gasteiger partial charge in [0.15, 0.2) is 6.29 Å². The van der Waals surface area contributed by atoms with Crippen LogP contribution in [-0.2, 0) is 11.3 Å². The van der Waals surface area contributed by atoms with Gasteiger partial charge in [-0.25, -0.2) is 0 Å². The van der Waals surface area contributed by atoms with Gasteiger partial charge in [-0.3, -0.25) is 14.3 Å². The van der Waals surface area contributed by atoms with Crippen LogP contribution < -0.4 is 5.32 Å². The molecule has 1 aromatic rings. The molecule has 0 aliphatic rings. The number of rotatable bonds is 6. The molecule has 1 heterocycles. The second-order valence-electron chi connectivity index (χ2n) is 4.06. The number of hydrogen-bond donors (Lipinski definition) is 1. The van der Waals surface area contributed by atoms with Crippen LogP contribution >= 0.6 is 0 Å². The molecule has 1 rings (SSSR count). The first kappa shape index (κ1) is 13.4. The molecule has 1 amide bonds. The number of nitrogens with zero attached hydrogens (tertiary/aromatic N) is 2. The van der Waals surface area contributed by atoms with Gasteiger partial charge in [0.1, 0.15) is 6.54 Å². The molecule has 1 N–H and O–H groups in total. The average Bonchev–Trinajstić information content (AvgIpc) is 2.54. The highest BCUT2D eigenvalue weighted by Gasteiger charge is 2.12. The zero-order valence-electron chi connectivity index (χ0n) is 10.6. The van der Waals surface area contributed by atoms with Crippen LogP contribution in [0.15, 0.2) is 0 Å². The normalized spacial score (nSPS) is 10.3. The number of unbranched alkanes of at least 4 members (excludes halogenated alkanes) is 1. The Hall–Kier alpha value is -1.65. The number of hydrogen-bond acceptors (Lipinski definition) is 3. The number of carbonyl (C=O) groups excluding carboxylic acids is 2. The summed E-state index contributed by atoms with van der Waals surface area (Å²) in [6.45, 7) is 6.49. The Balaban J connectivity index is 2.62. The molecule has 0 aliphatic carbocycles. The molecule has 0 radical (unpaired) electrons. The molecule has 0 saturated carbocycles. The molecule has 0 unspecified atom stereocenters. The highest BCUT2D eigenvalue weighted by molar-refractivity contribution is 5.79. The van der Waals surface area contributed by atoms with Gasteiger partial charge in [-0.1, -0.05) is 13.3 Å². The molecule has 0 bridgehead atoms. The quantitative estimate of drug-likeness (QED) is 0.598. The van der Waals surface area contributed by atoms with Crippen molar-refractivity contribution >= 4 is 12.2 Å². The SMILES string of the molecule is CCCCNC(=O)Cn1nc(C)c(C=O)c1C. The minimum absolute atomic E-state index is 0.0681. The van der Waals surface area contributed by atoms with Crippen LogP contribution in [0.1, 0.15) is 41.5 Å². The second kappa shape index (κ2) is 6.18. The van der Waals surface area contributed by atoms with Crippen LogP contribution in [-0.4, -0.2) is 28.5 Å². The second-order valence-corrected chi connectivity index (χ2v) is 4.06. The third-order valence-electron chi connectivity index (χ3n) is 2.70. The summed E-state index contributed by atoms with van der Waals surface area (Å²) in [5, 5.41) is 6.99. The van der Waals surface area contributed by atoms with Crippen molar-refractivity contribution < 1.29 is 9.59 Å². The number of carbonyl (C=O) groups is 2. The Bertz CT molecular complexity index is 410. The summed E-state index contributed by atoms with van der Waals surface area (Å²) < 4.78 is 1.57. The van der Waals surface area contributed by atoms with Crippen molar-refractivity contribution in [3.8, 4) is 0 Å². The molecule has 0 fully saturated rings. The van der Waals surface area contributed by atoms with Gasteiger partial charge in [-0.15, -0.1) is 0 Å². The molecule has 0 saturated heterocycles. The van der Waals surface area contributed by atoms with Crippen LogP contribution in [0.4, 0.5) is 0 Å². The fourth-order valence-corrected chi connectivity index (χ4v) is 1.63. The van der Waals surface area contributed by atoms with Gasteiger partial charge in [0.25, 0.3) is 0 Å². The van der Waals surface area contributed by atoms with Gasteiger partial charge in [-0.2, -0.15) is 5.10 Å². The van der Waals surface area contributed by atoms with Gasteiger partial charge in [0.05, 0.1) is 11.3 Å². The van der Waals surface area contributed by atoms with Crippen LogP contribution in [0, 0.1) is 13.8 Å². The maximum atomic E-state index is 11.6. The smallest absolute Gasteiger partial charge is 0.241 e. The minimum Gasteiger partial charge on any atom is -0.354 e. The van der Waals surface area contributed by atoms with E-state index in [0.29, 0.717) is 17.8 Å². The predicted molar refractivity (Wildman–Crippen MR) is 65.0 cm³/mol. The largest absolute Gasteiger partial charge is 0.354 e. The van der Waals surface area contributed by atoms with Crippen molar-refractivity contribution in [2.75, 3.05) is 6.54 Å². The van der Waals surface area contributed by atoms with Crippen LogP contribution in [0.25, 0.3) is 0 Å². The molecule has 0 spiro atoms. The molecule has 17 heavy (non-hydrogen) atoms. The first-order valence-electron chi connectivity index (χ1n) is 5.86. The predicted octanol–water partition coefficient (Wildman–Crippen LogP) is 1.23. The third-order valence-corrected chi connectivity index (χ3v) is 2.70. The number of aldehydes is 1. The maximum Gasteiger partial charge on any atom is 0.241 e. The summed E-state index contributed by atoms with van der Waals surface area (Å²) in [6.07, 6.45) is 2.81. The number of nitrogens with one attached hydrogen (secondary N) is 1. The fourth-order valence-electron chi connectivity index (χ4n) is 1.63. The van der Waals surface area contributed by atoms with Crippen molar-refractivity contribution in [2.24, 2.45) is 0 Å². The summed E-state index contributed by atoms with van der Waals surface area (Å²) >= 11 is 0. The minimum atomic E-state index is -0.0681. The monoisotopic (exact) mass is 237 g/mol. The Labute approximate surface area is 101 Å². The highest BCUT2D eigenvalue weighted by Crippen LogP contribution is 2.09. The first-order chi connectivity index (χ1) is 8.10. The van der Waals surface area contributed by atoms with E-state index in [1.54, 1.807) is 18.5 Å². The number of aromatic nitrogens is 2. The Kier molecular flexibility index (Phi) is 4.87. The Morgan fingerprint density at radius 3 is 2.71 bits per heavy atom. The van der Waals surface area contributed by atoms with Crippen LogP contribution in [0.5, 0.6) is 0 Å². The zero-order valence-corrected chi connectivity index (χ0v) is 10.6. The molecule has 1 aromatic heterocycles. The zero-order chi connectivity index (χ0) is 12.8. The van der Waals surface area contributed by atoms with Gasteiger partial charge in [-0.05, 0) is 20.3 Å². The van der Waals surface area contributed by atoms with E-state index < -0.39 is 0 Å². The summed E-state index contributed by atoms with van der Waals surface area (Å²) in [6, 6.07) is 0. The van der Waals surface area contributed by atoms with E-state index in [0.717, 1.165) is 24.8 Å². The lowest BCUT2D eigenvalue weighted by Crippen LogP contribution is -2.29. The van der Waals surface area contributed by atoms with E-state index in [-0.39, 0.29) is 12.5 Å². The summed E-state index contributed by atoms with van der Waals surface area (Å²) in [5.74, 6) is -0.0681. The van der Waals surface area contributed by atoms with Crippen LogP contribution in [0.2, 0.25) is 0 Å². The van der Waals surface area contributed by atoms with E-state index in [4.69, 9.17) is 0 Å². The standard InChI is InChI=1S/C12H19N3O2/c1-4-5-6-13-12(17)7-15-10(3)11(8-16)9(2)14-15/h8H,4-7H2,1-3H3,(H,13,17). The molecular weight excluding hydrogens is 218 g/mol. The average molecular weight is 237 g/mol. The Morgan fingerprint density at radius 1 is 1.47 bits per heavy atom. The van der Waals surface area contributed by atoms with E-state index in [1.165, 1.54) is 0 Å². The van der Waals surface area contributed by atoms with Crippen molar-refractivity contribution in [3.63, 3.8) is 0 Å². The molecule has 94 valence electrons. The molecule has 5 heteroatoms. The number of amides is 1. The highest BCUT2D eigenvalue weighted by atomic mass is 16.2. The van der Waals surface area contributed by atoms with E-state index >= 15 is 0 Å². The lowest BCUT2D eigenvalue weighted by atomic mass is 10.2. The summed E-state index contributed by atoms with van der Waals surface area (Å²) in [7, 11) is 0. The Morgan fingerprint density at radius 2 is 2.18 bits per heavy atom. The lowest BCUT2D eigenvalue weighted by molar-refractivity contribution is -0.121. The first-order valence-corrected chi connectivity index (χ1v) is 5.86. The molecular formula is C12H19N3O2. The van der Waals surface area contributed by atoms with Gasteiger partial charge in [0, 0.05) is 12.2 Å². The van der Waals surface area contributed by atoms with Crippen LogP contribution in [0.3, 0.4) is 0 Å².